The fourth-order valence-electron chi connectivity index (χ4n) is 2.16. The van der Waals surface area contributed by atoms with Crippen molar-refractivity contribution in [2.75, 3.05) is 0 Å². The van der Waals surface area contributed by atoms with E-state index in [1.165, 1.54) is 11.1 Å². The first-order valence-corrected chi connectivity index (χ1v) is 6.65. The molecule has 0 saturated heterocycles. The molecule has 1 aromatic carbocycles. The van der Waals surface area contributed by atoms with Gasteiger partial charge < -0.3 is 4.98 Å². The predicted molar refractivity (Wildman–Crippen MR) is 77.5 cm³/mol. The van der Waals surface area contributed by atoms with E-state index in [2.05, 4.69) is 55.0 Å². The van der Waals surface area contributed by atoms with Crippen LogP contribution in [0.5, 0.6) is 0 Å². The normalized spacial score (nSPS) is 10.6. The molecule has 0 radical (unpaired) electrons. The van der Waals surface area contributed by atoms with Crippen LogP contribution in [0, 0.1) is 18.5 Å². The Morgan fingerprint density at radius 1 is 1.22 bits per heavy atom. The molecule has 0 bridgehead atoms. The van der Waals surface area contributed by atoms with Crippen LogP contribution in [0.25, 0.3) is 0 Å². The minimum absolute atomic E-state index is 0.734. The van der Waals surface area contributed by atoms with Crippen LogP contribution in [-0.2, 0) is 12.8 Å². The minimum Gasteiger partial charge on any atom is -0.347 e. The molecule has 0 aliphatic rings. The Morgan fingerprint density at radius 3 is 2.56 bits per heavy atom. The molecule has 0 aliphatic heterocycles. The van der Waals surface area contributed by atoms with Gasteiger partial charge in [0.25, 0.3) is 0 Å². The molecule has 0 saturated carbocycles. The maximum absolute atomic E-state index is 5.34. The molecular weight excluding hydrogens is 240 g/mol. The second kappa shape index (κ2) is 5.44. The first-order valence-electron chi connectivity index (χ1n) is 6.25. The summed E-state index contributed by atoms with van der Waals surface area (Å²) in [5, 5.41) is 0. The molecular formula is C15H18N2S. The van der Waals surface area contributed by atoms with E-state index in [-0.39, 0.29) is 0 Å². The summed E-state index contributed by atoms with van der Waals surface area (Å²) < 4.78 is 0.734. The van der Waals surface area contributed by atoms with Crippen LogP contribution < -0.4 is 0 Å². The zero-order valence-corrected chi connectivity index (χ0v) is 11.9. The molecule has 0 atom stereocenters. The van der Waals surface area contributed by atoms with E-state index in [1.807, 2.05) is 0 Å². The van der Waals surface area contributed by atoms with Crippen molar-refractivity contribution in [3.63, 3.8) is 0 Å². The first-order chi connectivity index (χ1) is 8.61. The third kappa shape index (κ3) is 2.67. The van der Waals surface area contributed by atoms with Crippen molar-refractivity contribution >= 4 is 12.2 Å². The van der Waals surface area contributed by atoms with Crippen LogP contribution in [0.15, 0.2) is 24.3 Å². The standard InChI is InChI=1S/C15H18N2S/c1-4-13-11(3)16-14(17-15(13)18)9-12-8-6-5-7-10(12)2/h5-8H,4,9H2,1-3H3,(H,16,17,18). The van der Waals surface area contributed by atoms with Crippen LogP contribution in [-0.4, -0.2) is 9.97 Å². The van der Waals surface area contributed by atoms with E-state index < -0.39 is 0 Å². The lowest BCUT2D eigenvalue weighted by Crippen LogP contribution is -2.04. The smallest absolute Gasteiger partial charge is 0.133 e. The summed E-state index contributed by atoms with van der Waals surface area (Å²) in [6.45, 7) is 6.30. The van der Waals surface area contributed by atoms with Crippen LogP contribution in [0.3, 0.4) is 0 Å². The number of aromatic nitrogens is 2. The molecule has 94 valence electrons. The monoisotopic (exact) mass is 258 g/mol. The average molecular weight is 258 g/mol. The molecule has 0 spiro atoms. The first kappa shape index (κ1) is 13.0. The summed E-state index contributed by atoms with van der Waals surface area (Å²) in [6.07, 6.45) is 1.74. The molecule has 2 rings (SSSR count). The number of hydrogen-bond donors (Lipinski definition) is 1. The minimum atomic E-state index is 0.734. The zero-order valence-electron chi connectivity index (χ0n) is 11.1. The second-order valence-corrected chi connectivity index (χ2v) is 4.94. The molecule has 1 aromatic heterocycles. The van der Waals surface area contributed by atoms with Crippen molar-refractivity contribution in [2.45, 2.75) is 33.6 Å². The number of aromatic amines is 1. The van der Waals surface area contributed by atoms with Gasteiger partial charge in [0.2, 0.25) is 0 Å². The SMILES string of the molecule is CCc1c(C)[nH]c(Cc2ccccc2C)nc1=S. The summed E-state index contributed by atoms with van der Waals surface area (Å²) in [6, 6.07) is 8.37. The third-order valence-electron chi connectivity index (χ3n) is 3.25. The van der Waals surface area contributed by atoms with Crippen molar-refractivity contribution in [3.05, 3.63) is 57.1 Å². The summed E-state index contributed by atoms with van der Waals surface area (Å²) >= 11 is 5.34. The van der Waals surface area contributed by atoms with Crippen molar-refractivity contribution in [1.82, 2.24) is 9.97 Å². The Bertz CT molecular complexity index is 614. The lowest BCUT2D eigenvalue weighted by molar-refractivity contribution is 0.892. The van der Waals surface area contributed by atoms with Gasteiger partial charge >= 0.3 is 0 Å². The van der Waals surface area contributed by atoms with Crippen molar-refractivity contribution in [3.8, 4) is 0 Å². The van der Waals surface area contributed by atoms with Gasteiger partial charge in [-0.15, -0.1) is 0 Å². The average Bonchev–Trinajstić information content (AvgIpc) is 2.32. The molecule has 0 fully saturated rings. The van der Waals surface area contributed by atoms with E-state index in [4.69, 9.17) is 12.2 Å². The van der Waals surface area contributed by atoms with Crippen LogP contribution in [0.1, 0.15) is 35.1 Å². The summed E-state index contributed by atoms with van der Waals surface area (Å²) in [7, 11) is 0. The number of nitrogens with one attached hydrogen (secondary N) is 1. The van der Waals surface area contributed by atoms with Gasteiger partial charge in [-0.05, 0) is 31.4 Å². The van der Waals surface area contributed by atoms with E-state index in [9.17, 15) is 0 Å². The maximum atomic E-state index is 5.34. The number of H-pyrrole nitrogens is 1. The second-order valence-electron chi connectivity index (χ2n) is 4.55. The lowest BCUT2D eigenvalue weighted by atomic mass is 10.1. The van der Waals surface area contributed by atoms with Crippen molar-refractivity contribution < 1.29 is 0 Å². The Morgan fingerprint density at radius 2 is 1.94 bits per heavy atom. The van der Waals surface area contributed by atoms with Crippen molar-refractivity contribution in [1.29, 1.82) is 0 Å². The molecule has 2 aromatic rings. The lowest BCUT2D eigenvalue weighted by Gasteiger charge is -2.09. The topological polar surface area (TPSA) is 28.7 Å². The zero-order chi connectivity index (χ0) is 13.1. The van der Waals surface area contributed by atoms with E-state index in [0.717, 1.165) is 34.6 Å². The van der Waals surface area contributed by atoms with Gasteiger partial charge in [0.05, 0.1) is 0 Å². The quantitative estimate of drug-likeness (QED) is 0.846. The highest BCUT2D eigenvalue weighted by atomic mass is 32.1. The Balaban J connectivity index is 2.37. The Kier molecular flexibility index (Phi) is 3.92. The van der Waals surface area contributed by atoms with Gasteiger partial charge in [-0.3, -0.25) is 0 Å². The van der Waals surface area contributed by atoms with Crippen LogP contribution in [0.4, 0.5) is 0 Å². The maximum Gasteiger partial charge on any atom is 0.133 e. The fraction of sp³-hybridized carbons (Fsp3) is 0.333. The van der Waals surface area contributed by atoms with E-state index in [0.29, 0.717) is 0 Å². The molecule has 0 unspecified atom stereocenters. The predicted octanol–water partition coefficient (Wildman–Crippen LogP) is 3.91. The third-order valence-corrected chi connectivity index (χ3v) is 3.59. The largest absolute Gasteiger partial charge is 0.347 e. The number of hydrogen-bond acceptors (Lipinski definition) is 2. The Labute approximate surface area is 113 Å². The molecule has 1 heterocycles. The Hall–Kier alpha value is -1.48. The molecule has 3 heteroatoms. The number of aryl methyl sites for hydroxylation is 2. The highest BCUT2D eigenvalue weighted by Crippen LogP contribution is 2.13. The number of nitrogens with zero attached hydrogens (tertiary/aromatic N) is 1. The van der Waals surface area contributed by atoms with E-state index in [1.54, 1.807) is 0 Å². The van der Waals surface area contributed by atoms with Gasteiger partial charge in [0, 0.05) is 17.7 Å². The fourth-order valence-corrected chi connectivity index (χ4v) is 2.57. The molecule has 0 aliphatic carbocycles. The highest BCUT2D eigenvalue weighted by molar-refractivity contribution is 7.71. The molecule has 0 amide bonds. The molecule has 1 N–H and O–H groups in total. The number of rotatable bonds is 3. The summed E-state index contributed by atoms with van der Waals surface area (Å²) in [5.74, 6) is 0.948. The summed E-state index contributed by atoms with van der Waals surface area (Å²) in [4.78, 5) is 7.87. The highest BCUT2D eigenvalue weighted by Gasteiger charge is 2.05. The van der Waals surface area contributed by atoms with E-state index >= 15 is 0 Å². The van der Waals surface area contributed by atoms with Gasteiger partial charge in [-0.25, -0.2) is 4.98 Å². The molecule has 18 heavy (non-hydrogen) atoms. The van der Waals surface area contributed by atoms with Crippen LogP contribution >= 0.6 is 12.2 Å². The van der Waals surface area contributed by atoms with Gasteiger partial charge in [0.15, 0.2) is 0 Å². The van der Waals surface area contributed by atoms with Gasteiger partial charge in [0.1, 0.15) is 10.5 Å². The van der Waals surface area contributed by atoms with Gasteiger partial charge in [-0.1, -0.05) is 43.4 Å². The number of benzene rings is 1. The van der Waals surface area contributed by atoms with Crippen molar-refractivity contribution in [2.24, 2.45) is 0 Å². The summed E-state index contributed by atoms with van der Waals surface area (Å²) in [5.41, 5.74) is 4.87. The molecule has 2 nitrogen and oxygen atoms in total. The van der Waals surface area contributed by atoms with Crippen LogP contribution in [0.2, 0.25) is 0 Å². The van der Waals surface area contributed by atoms with Gasteiger partial charge in [-0.2, -0.15) is 0 Å².